The van der Waals surface area contributed by atoms with Gasteiger partial charge in [-0.15, -0.1) is 0 Å². The summed E-state index contributed by atoms with van der Waals surface area (Å²) < 4.78 is 32.5. The van der Waals surface area contributed by atoms with Gasteiger partial charge in [0, 0.05) is 26.2 Å². The fraction of sp³-hybridized carbons (Fsp3) is 0.579. The molecule has 0 aliphatic carbocycles. The second-order valence-corrected chi connectivity index (χ2v) is 9.49. The zero-order valence-electron chi connectivity index (χ0n) is 16.2. The fourth-order valence-electron chi connectivity index (χ4n) is 3.37. The van der Waals surface area contributed by atoms with Gasteiger partial charge in [0.15, 0.2) is 5.11 Å². The fourth-order valence-corrected chi connectivity index (χ4v) is 5.02. The molecular formula is C19H28N4O3S2. The smallest absolute Gasteiger partial charge is 0.243 e. The Labute approximate surface area is 172 Å². The van der Waals surface area contributed by atoms with Gasteiger partial charge in [0.2, 0.25) is 10.0 Å². The largest absolute Gasteiger partial charge is 0.376 e. The predicted octanol–water partition coefficient (Wildman–Crippen LogP) is 2.23. The van der Waals surface area contributed by atoms with Gasteiger partial charge in [-0.3, -0.25) is 5.43 Å². The molecule has 2 saturated heterocycles. The summed E-state index contributed by atoms with van der Waals surface area (Å²) in [4.78, 5) is 0.327. The van der Waals surface area contributed by atoms with Crippen molar-refractivity contribution in [2.75, 3.05) is 26.2 Å². The van der Waals surface area contributed by atoms with E-state index in [9.17, 15) is 8.42 Å². The van der Waals surface area contributed by atoms with Crippen molar-refractivity contribution in [3.8, 4) is 0 Å². The van der Waals surface area contributed by atoms with Crippen molar-refractivity contribution in [3.63, 3.8) is 0 Å². The maximum Gasteiger partial charge on any atom is 0.243 e. The SMILES string of the molecule is C/C(=N/NC(=S)NC[C@H]1CCCO1)c1ccc(S(=O)(=O)N2CCCCC2)cc1. The summed E-state index contributed by atoms with van der Waals surface area (Å²) in [6.07, 6.45) is 5.29. The third-order valence-electron chi connectivity index (χ3n) is 5.06. The third kappa shape index (κ3) is 5.50. The van der Waals surface area contributed by atoms with E-state index >= 15 is 0 Å². The van der Waals surface area contributed by atoms with Gasteiger partial charge in [0.25, 0.3) is 0 Å². The summed E-state index contributed by atoms with van der Waals surface area (Å²) in [6, 6.07) is 6.85. The van der Waals surface area contributed by atoms with Gasteiger partial charge in [-0.25, -0.2) is 8.42 Å². The molecule has 7 nitrogen and oxygen atoms in total. The lowest BCUT2D eigenvalue weighted by atomic mass is 10.1. The molecule has 0 radical (unpaired) electrons. The zero-order chi connectivity index (χ0) is 20.0. The van der Waals surface area contributed by atoms with Crippen LogP contribution in [-0.4, -0.2) is 55.9 Å². The van der Waals surface area contributed by atoms with Crippen LogP contribution in [0.15, 0.2) is 34.3 Å². The molecule has 1 aromatic carbocycles. The van der Waals surface area contributed by atoms with Gasteiger partial charge in [0.1, 0.15) is 0 Å². The van der Waals surface area contributed by atoms with Crippen LogP contribution in [0.2, 0.25) is 0 Å². The number of rotatable bonds is 6. The maximum atomic E-state index is 12.7. The molecule has 28 heavy (non-hydrogen) atoms. The van der Waals surface area contributed by atoms with E-state index in [1.165, 1.54) is 0 Å². The Morgan fingerprint density at radius 3 is 2.57 bits per heavy atom. The van der Waals surface area contributed by atoms with Crippen molar-refractivity contribution in [2.45, 2.75) is 50.0 Å². The minimum absolute atomic E-state index is 0.208. The molecule has 3 rings (SSSR count). The van der Waals surface area contributed by atoms with Gasteiger partial charge in [0.05, 0.1) is 16.7 Å². The lowest BCUT2D eigenvalue weighted by Crippen LogP contribution is -2.37. The summed E-state index contributed by atoms with van der Waals surface area (Å²) in [5.41, 5.74) is 4.39. The van der Waals surface area contributed by atoms with E-state index in [-0.39, 0.29) is 6.10 Å². The van der Waals surface area contributed by atoms with Crippen LogP contribution in [0.5, 0.6) is 0 Å². The molecule has 2 fully saturated rings. The highest BCUT2D eigenvalue weighted by molar-refractivity contribution is 7.89. The van der Waals surface area contributed by atoms with Crippen LogP contribution in [0.1, 0.15) is 44.6 Å². The monoisotopic (exact) mass is 424 g/mol. The van der Waals surface area contributed by atoms with E-state index in [4.69, 9.17) is 17.0 Å². The van der Waals surface area contributed by atoms with Crippen molar-refractivity contribution < 1.29 is 13.2 Å². The molecule has 2 aliphatic rings. The topological polar surface area (TPSA) is 83.0 Å². The number of hydrazone groups is 1. The van der Waals surface area contributed by atoms with Crippen LogP contribution in [0.25, 0.3) is 0 Å². The highest BCUT2D eigenvalue weighted by Crippen LogP contribution is 2.21. The second-order valence-electron chi connectivity index (χ2n) is 7.14. The van der Waals surface area contributed by atoms with Crippen molar-refractivity contribution in [1.82, 2.24) is 15.0 Å². The van der Waals surface area contributed by atoms with Crippen LogP contribution >= 0.6 is 12.2 Å². The minimum Gasteiger partial charge on any atom is -0.376 e. The Kier molecular flexibility index (Phi) is 7.39. The Balaban J connectivity index is 1.55. The van der Waals surface area contributed by atoms with E-state index in [0.29, 0.717) is 29.6 Å². The van der Waals surface area contributed by atoms with Crippen LogP contribution in [0.4, 0.5) is 0 Å². The molecule has 0 amide bonds. The summed E-state index contributed by atoms with van der Waals surface area (Å²) >= 11 is 5.23. The zero-order valence-corrected chi connectivity index (χ0v) is 17.8. The van der Waals surface area contributed by atoms with Gasteiger partial charge < -0.3 is 10.1 Å². The standard InChI is InChI=1S/C19H28N4O3S2/c1-15(21-22-19(27)20-14-17-6-5-13-26-17)16-7-9-18(10-8-16)28(24,25)23-11-3-2-4-12-23/h7-10,17H,2-6,11-14H2,1H3,(H2,20,22,27)/b21-15-/t17-/m1/s1. The maximum absolute atomic E-state index is 12.7. The molecular weight excluding hydrogens is 396 g/mol. The van der Waals surface area contributed by atoms with Crippen molar-refractivity contribution in [1.29, 1.82) is 0 Å². The summed E-state index contributed by atoms with van der Waals surface area (Å²) in [7, 11) is -3.41. The molecule has 2 N–H and O–H groups in total. The first-order valence-corrected chi connectivity index (χ1v) is 11.6. The Bertz CT molecular complexity index is 797. The number of benzene rings is 1. The molecule has 1 aromatic rings. The molecule has 0 saturated carbocycles. The molecule has 0 unspecified atom stereocenters. The van der Waals surface area contributed by atoms with Crippen molar-refractivity contribution in [2.24, 2.45) is 5.10 Å². The number of ether oxygens (including phenoxy) is 1. The van der Waals surface area contributed by atoms with Gasteiger partial charge in [-0.1, -0.05) is 18.6 Å². The molecule has 2 aliphatic heterocycles. The molecule has 0 spiro atoms. The predicted molar refractivity (Wildman–Crippen MR) is 114 cm³/mol. The van der Waals surface area contributed by atoms with Crippen LogP contribution in [0, 0.1) is 0 Å². The van der Waals surface area contributed by atoms with E-state index in [2.05, 4.69) is 15.8 Å². The van der Waals surface area contributed by atoms with Crippen molar-refractivity contribution >= 4 is 33.1 Å². The lowest BCUT2D eigenvalue weighted by Gasteiger charge is -2.25. The Hall–Kier alpha value is -1.55. The molecule has 1 atom stereocenters. The van der Waals surface area contributed by atoms with Gasteiger partial charge in [-0.05, 0) is 62.5 Å². The highest BCUT2D eigenvalue weighted by atomic mass is 32.2. The number of nitrogens with one attached hydrogen (secondary N) is 2. The lowest BCUT2D eigenvalue weighted by molar-refractivity contribution is 0.114. The number of nitrogens with zero attached hydrogens (tertiary/aromatic N) is 2. The molecule has 0 bridgehead atoms. The molecule has 0 aromatic heterocycles. The summed E-state index contributed by atoms with van der Waals surface area (Å²) in [6.45, 7) is 4.54. The van der Waals surface area contributed by atoms with Crippen LogP contribution in [0.3, 0.4) is 0 Å². The van der Waals surface area contributed by atoms with E-state index in [1.807, 2.05) is 6.92 Å². The molecule has 154 valence electrons. The Morgan fingerprint density at radius 1 is 1.21 bits per heavy atom. The van der Waals surface area contributed by atoms with Gasteiger partial charge in [-0.2, -0.15) is 9.41 Å². The van der Waals surface area contributed by atoms with E-state index in [0.717, 1.165) is 50.0 Å². The number of hydrogen-bond acceptors (Lipinski definition) is 5. The second kappa shape index (κ2) is 9.78. The molecule has 9 heteroatoms. The Morgan fingerprint density at radius 2 is 1.93 bits per heavy atom. The number of sulfonamides is 1. The average Bonchev–Trinajstić information content (AvgIpc) is 3.25. The summed E-state index contributed by atoms with van der Waals surface area (Å²) in [5.74, 6) is 0. The van der Waals surface area contributed by atoms with E-state index in [1.54, 1.807) is 28.6 Å². The first-order chi connectivity index (χ1) is 13.5. The normalized spacial score (nSPS) is 21.5. The van der Waals surface area contributed by atoms with Crippen LogP contribution < -0.4 is 10.7 Å². The van der Waals surface area contributed by atoms with E-state index < -0.39 is 10.0 Å². The first-order valence-electron chi connectivity index (χ1n) is 9.77. The number of hydrogen-bond donors (Lipinski definition) is 2. The number of piperidine rings is 1. The molecule has 2 heterocycles. The number of thiocarbonyl (C=S) groups is 1. The highest BCUT2D eigenvalue weighted by Gasteiger charge is 2.25. The summed E-state index contributed by atoms with van der Waals surface area (Å²) in [5, 5.41) is 7.83. The van der Waals surface area contributed by atoms with Crippen LogP contribution in [-0.2, 0) is 14.8 Å². The average molecular weight is 425 g/mol. The first kappa shape index (κ1) is 21.2. The minimum atomic E-state index is -3.41. The third-order valence-corrected chi connectivity index (χ3v) is 7.21. The van der Waals surface area contributed by atoms with Gasteiger partial charge >= 0.3 is 0 Å². The quantitative estimate of drug-likeness (QED) is 0.414. The van der Waals surface area contributed by atoms with Crippen molar-refractivity contribution in [3.05, 3.63) is 29.8 Å².